The van der Waals surface area contributed by atoms with E-state index in [1.165, 1.54) is 6.92 Å². The molecule has 8 amide bonds. The molecule has 3 aromatic heterocycles. The topological polar surface area (TPSA) is 320 Å². The summed E-state index contributed by atoms with van der Waals surface area (Å²) in [5.74, 6) is -3.11. The average Bonchev–Trinajstić information content (AvgIpc) is 4.44. The first-order valence-corrected chi connectivity index (χ1v) is 29.8. The van der Waals surface area contributed by atoms with Crippen molar-refractivity contribution in [3.63, 3.8) is 0 Å². The quantitative estimate of drug-likeness (QED) is 0.0197. The van der Waals surface area contributed by atoms with Gasteiger partial charge in [0, 0.05) is 103 Å². The van der Waals surface area contributed by atoms with Crippen molar-refractivity contribution >= 4 is 80.0 Å². The largest absolute Gasteiger partial charge is 0.368 e. The molecule has 6 aromatic rings. The van der Waals surface area contributed by atoms with Crippen LogP contribution in [0, 0.1) is 5.92 Å². The normalized spacial score (nSPS) is 13.5. The minimum absolute atomic E-state index is 0.185. The Hall–Kier alpha value is -8.00. The van der Waals surface area contributed by atoms with Crippen molar-refractivity contribution in [1.29, 1.82) is 0 Å². The van der Waals surface area contributed by atoms with Crippen LogP contribution in [0.4, 0.5) is 0 Å². The predicted molar refractivity (Wildman–Crippen MR) is 324 cm³/mol. The van der Waals surface area contributed by atoms with Crippen LogP contribution in [-0.2, 0) is 57.6 Å². The van der Waals surface area contributed by atoms with Gasteiger partial charge in [-0.25, -0.2) is 0 Å². The predicted octanol–water partition coefficient (Wildman–Crippen LogP) is 6.18. The Morgan fingerprint density at radius 3 is 1.29 bits per heavy atom. The van der Waals surface area contributed by atoms with Gasteiger partial charge in [0.25, 0.3) is 0 Å². The molecule has 6 rings (SSSR count). The number of H-pyrrole nitrogens is 3. The Morgan fingerprint density at radius 1 is 0.470 bits per heavy atom. The lowest BCUT2D eigenvalue weighted by Crippen LogP contribution is -2.55. The van der Waals surface area contributed by atoms with Crippen LogP contribution in [0.3, 0.4) is 0 Å². The van der Waals surface area contributed by atoms with Gasteiger partial charge in [0.15, 0.2) is 0 Å². The summed E-state index contributed by atoms with van der Waals surface area (Å²) in [5, 5.41) is 23.3. The van der Waals surface area contributed by atoms with Crippen LogP contribution in [0.15, 0.2) is 91.4 Å². The number of hydrogen-bond donors (Lipinski definition) is 12. The molecule has 20 heteroatoms. The van der Waals surface area contributed by atoms with E-state index in [1.807, 2.05) is 105 Å². The molecular weight excluding hydrogens is 1050 g/mol. The van der Waals surface area contributed by atoms with E-state index in [9.17, 15) is 38.4 Å². The lowest BCUT2D eigenvalue weighted by Gasteiger charge is -2.25. The van der Waals surface area contributed by atoms with E-state index in [4.69, 9.17) is 11.5 Å². The lowest BCUT2D eigenvalue weighted by molar-refractivity contribution is -0.132. The average molecular weight is 1140 g/mol. The van der Waals surface area contributed by atoms with Gasteiger partial charge in [0.05, 0.1) is 0 Å². The minimum atomic E-state index is -0.921. The molecule has 0 radical (unpaired) electrons. The molecule has 0 bridgehead atoms. The smallest absolute Gasteiger partial charge is 0.243 e. The Bertz CT molecular complexity index is 3070. The second kappa shape index (κ2) is 33.8. The molecule has 0 aliphatic heterocycles. The first kappa shape index (κ1) is 64.2. The molecule has 0 saturated heterocycles. The number of carbonyl (C=O) groups is 8. The third kappa shape index (κ3) is 20.4. The number of carbonyl (C=O) groups excluding carboxylic acids is 8. The molecule has 3 heterocycles. The summed E-state index contributed by atoms with van der Waals surface area (Å²) >= 11 is 0. The number of nitrogens with one attached hydrogen (secondary N) is 10. The maximum absolute atomic E-state index is 13.8. The molecule has 20 nitrogen and oxygen atoms in total. The van der Waals surface area contributed by atoms with E-state index < -0.39 is 47.9 Å². The zero-order valence-electron chi connectivity index (χ0n) is 48.6. The summed E-state index contributed by atoms with van der Waals surface area (Å²) in [4.78, 5) is 115. The van der Waals surface area contributed by atoms with Crippen molar-refractivity contribution in [1.82, 2.24) is 52.2 Å². The maximum atomic E-state index is 13.8. The number of aromatic amines is 3. The van der Waals surface area contributed by atoms with Gasteiger partial charge in [-0.05, 0) is 92.3 Å². The zero-order valence-corrected chi connectivity index (χ0v) is 48.6. The second-order valence-corrected chi connectivity index (χ2v) is 21.9. The summed E-state index contributed by atoms with van der Waals surface area (Å²) in [6.07, 6.45) is 16.6. The summed E-state index contributed by atoms with van der Waals surface area (Å²) in [5.41, 5.74) is 16.8. The van der Waals surface area contributed by atoms with Crippen molar-refractivity contribution in [2.24, 2.45) is 17.4 Å². The number of hydrogen-bond acceptors (Lipinski definition) is 9. The van der Waals surface area contributed by atoms with E-state index in [0.717, 1.165) is 87.9 Å². The fourth-order valence-electron chi connectivity index (χ4n) is 10.5. The van der Waals surface area contributed by atoms with Crippen molar-refractivity contribution in [2.45, 2.75) is 173 Å². The molecule has 6 atom stereocenters. The standard InChI is InChI=1S/C63H88N12O8/c1-4-41(2)58(59(65)79)75-63(83)55(37-45-40-70-51-28-18-15-25-48(45)51)73-57(78)31-12-8-6-9-21-33-66-60(80)53(35-43-38-68-49-26-16-13-23-46(43)49)72-56(77)30-11-7-5-10-22-34-67-61(81)54(36-44-39-69-50-27-17-14-24-47(44)50)74-62(82)52(71-42(3)76)29-19-20-32-64/h13-18,23-28,38-41,52-55,58,68-70H,4-12,19-22,29-37,64H2,1-3H3,(H2,65,79)(H,66,80)(H,67,81)(H,71,76)(H,72,77)(H,73,78)(H,74,82)(H,75,83)/t41-,52-,53-,54-,55-,58-/m0/s1. The van der Waals surface area contributed by atoms with E-state index in [-0.39, 0.29) is 61.1 Å². The highest BCUT2D eigenvalue weighted by Gasteiger charge is 2.30. The maximum Gasteiger partial charge on any atom is 0.243 e. The first-order chi connectivity index (χ1) is 40.1. The fraction of sp³-hybridized carbons (Fsp3) is 0.492. The number of primary amides is 1. The summed E-state index contributed by atoms with van der Waals surface area (Å²) in [7, 11) is 0. The van der Waals surface area contributed by atoms with Crippen molar-refractivity contribution in [3.05, 3.63) is 108 Å². The highest BCUT2D eigenvalue weighted by Crippen LogP contribution is 2.23. The second-order valence-electron chi connectivity index (χ2n) is 21.9. The molecule has 448 valence electrons. The highest BCUT2D eigenvalue weighted by molar-refractivity contribution is 5.95. The fourth-order valence-corrected chi connectivity index (χ4v) is 10.5. The van der Waals surface area contributed by atoms with E-state index in [0.29, 0.717) is 77.4 Å². The molecule has 83 heavy (non-hydrogen) atoms. The number of amides is 8. The Morgan fingerprint density at radius 2 is 0.867 bits per heavy atom. The SMILES string of the molecule is CC[C@H](C)[C@H](NC(=O)[C@H](Cc1c[nH]c2ccccc12)NC(=O)CCCCCCCNC(=O)[C@H](Cc1c[nH]c2ccccc12)NC(=O)CCCCCCCNC(=O)[C@H](Cc1c[nH]c2ccccc12)NC(=O)[C@H](CCCCN)NC(C)=O)C(N)=O. The van der Waals surface area contributed by atoms with Crippen LogP contribution in [0.25, 0.3) is 32.7 Å². The number of rotatable bonds is 38. The number of nitrogens with two attached hydrogens (primary N) is 2. The molecule has 0 aliphatic rings. The van der Waals surface area contributed by atoms with Crippen molar-refractivity contribution in [2.75, 3.05) is 19.6 Å². The summed E-state index contributed by atoms with van der Waals surface area (Å²) in [6.45, 7) is 6.40. The molecule has 14 N–H and O–H groups in total. The van der Waals surface area contributed by atoms with Crippen LogP contribution in [0.5, 0.6) is 0 Å². The van der Waals surface area contributed by atoms with Crippen LogP contribution >= 0.6 is 0 Å². The van der Waals surface area contributed by atoms with Gasteiger partial charge < -0.3 is 63.6 Å². The Balaban J connectivity index is 0.914. The number of fused-ring (bicyclic) bond motifs is 3. The minimum Gasteiger partial charge on any atom is -0.368 e. The van der Waals surface area contributed by atoms with Gasteiger partial charge in [0.1, 0.15) is 30.2 Å². The van der Waals surface area contributed by atoms with E-state index in [2.05, 4.69) is 52.2 Å². The third-order valence-electron chi connectivity index (χ3n) is 15.5. The van der Waals surface area contributed by atoms with Gasteiger partial charge in [0.2, 0.25) is 47.3 Å². The van der Waals surface area contributed by atoms with Crippen molar-refractivity contribution in [3.8, 4) is 0 Å². The third-order valence-corrected chi connectivity index (χ3v) is 15.5. The monoisotopic (exact) mass is 1140 g/mol. The van der Waals surface area contributed by atoms with E-state index in [1.54, 1.807) is 0 Å². The molecular formula is C63H88N12O8. The zero-order chi connectivity index (χ0) is 59.5. The summed E-state index contributed by atoms with van der Waals surface area (Å²) < 4.78 is 0. The summed E-state index contributed by atoms with van der Waals surface area (Å²) in [6, 6.07) is 19.0. The van der Waals surface area contributed by atoms with Crippen LogP contribution in [-0.4, -0.2) is 112 Å². The molecule has 0 fully saturated rings. The van der Waals surface area contributed by atoms with Gasteiger partial charge >= 0.3 is 0 Å². The van der Waals surface area contributed by atoms with E-state index >= 15 is 0 Å². The molecule has 0 saturated carbocycles. The molecule has 0 aliphatic carbocycles. The van der Waals surface area contributed by atoms with Crippen LogP contribution in [0.2, 0.25) is 0 Å². The van der Waals surface area contributed by atoms with Crippen LogP contribution < -0.4 is 48.7 Å². The van der Waals surface area contributed by atoms with Gasteiger partial charge in [-0.2, -0.15) is 0 Å². The Labute approximate surface area is 486 Å². The first-order valence-electron chi connectivity index (χ1n) is 29.8. The van der Waals surface area contributed by atoms with Gasteiger partial charge in [-0.15, -0.1) is 0 Å². The number of unbranched alkanes of at least 4 members (excludes halogenated alkanes) is 9. The molecule has 3 aromatic carbocycles. The molecule has 0 unspecified atom stereocenters. The molecule has 0 spiro atoms. The Kier molecular flexibility index (Phi) is 26.1. The number of benzene rings is 3. The van der Waals surface area contributed by atoms with Crippen LogP contribution in [0.1, 0.15) is 140 Å². The van der Waals surface area contributed by atoms with Gasteiger partial charge in [-0.3, -0.25) is 38.4 Å². The lowest BCUT2D eigenvalue weighted by atomic mass is 9.97. The highest BCUT2D eigenvalue weighted by atomic mass is 16.2. The number of para-hydroxylation sites is 3. The van der Waals surface area contributed by atoms with Crippen molar-refractivity contribution < 1.29 is 38.4 Å². The number of aromatic nitrogens is 3. The van der Waals surface area contributed by atoms with Gasteiger partial charge in [-0.1, -0.05) is 113 Å².